The number of benzene rings is 3. The van der Waals surface area contributed by atoms with Crippen LogP contribution in [0, 0.1) is 13.8 Å². The van der Waals surface area contributed by atoms with Gasteiger partial charge in [-0.05, 0) is 58.0 Å². The minimum atomic E-state index is 1.34. The van der Waals surface area contributed by atoms with Gasteiger partial charge in [-0.3, -0.25) is 0 Å². The van der Waals surface area contributed by atoms with Crippen molar-refractivity contribution in [2.24, 2.45) is 0 Å². The third-order valence-corrected chi connectivity index (χ3v) is 4.30. The lowest BCUT2D eigenvalue weighted by molar-refractivity contribution is 1.38. The van der Waals surface area contributed by atoms with Gasteiger partial charge in [0.2, 0.25) is 0 Å². The SMILES string of the molecule is Cc1cccc(C)c1-c1ccc2c3c(cccc13)C=C2. The third-order valence-electron chi connectivity index (χ3n) is 4.30. The third kappa shape index (κ3) is 1.48. The second-order valence-electron chi connectivity index (χ2n) is 5.57. The van der Waals surface area contributed by atoms with Gasteiger partial charge in [0.05, 0.1) is 0 Å². The van der Waals surface area contributed by atoms with E-state index in [1.54, 1.807) is 0 Å². The highest BCUT2D eigenvalue weighted by Crippen LogP contribution is 2.39. The maximum Gasteiger partial charge on any atom is -0.00326 e. The molecule has 4 rings (SSSR count). The zero-order valence-corrected chi connectivity index (χ0v) is 11.8. The van der Waals surface area contributed by atoms with Crippen LogP contribution in [0.1, 0.15) is 22.3 Å². The van der Waals surface area contributed by atoms with Crippen LogP contribution >= 0.6 is 0 Å². The molecule has 20 heavy (non-hydrogen) atoms. The van der Waals surface area contributed by atoms with Crippen LogP contribution in [0.15, 0.2) is 48.5 Å². The molecule has 0 bridgehead atoms. The summed E-state index contributed by atoms with van der Waals surface area (Å²) >= 11 is 0. The van der Waals surface area contributed by atoms with Gasteiger partial charge in [0, 0.05) is 0 Å². The van der Waals surface area contributed by atoms with E-state index in [4.69, 9.17) is 0 Å². The largest absolute Gasteiger partial charge is 0.0617 e. The maximum atomic E-state index is 2.27. The van der Waals surface area contributed by atoms with Crippen molar-refractivity contribution in [3.05, 3.63) is 70.8 Å². The normalized spacial score (nSPS) is 12.3. The van der Waals surface area contributed by atoms with Gasteiger partial charge < -0.3 is 0 Å². The van der Waals surface area contributed by atoms with Crippen LogP contribution in [0.3, 0.4) is 0 Å². The summed E-state index contributed by atoms with van der Waals surface area (Å²) in [5.41, 5.74) is 8.09. The molecule has 0 unspecified atom stereocenters. The Morgan fingerprint density at radius 3 is 2.05 bits per heavy atom. The predicted octanol–water partition coefficient (Wildman–Crippen LogP) is 5.61. The molecule has 0 N–H and O–H groups in total. The lowest BCUT2D eigenvalue weighted by atomic mass is 9.90. The van der Waals surface area contributed by atoms with Crippen LogP contribution in [0.25, 0.3) is 34.1 Å². The van der Waals surface area contributed by atoms with Crippen molar-refractivity contribution in [3.63, 3.8) is 0 Å². The summed E-state index contributed by atoms with van der Waals surface area (Å²) in [5.74, 6) is 0. The van der Waals surface area contributed by atoms with Crippen molar-refractivity contribution in [2.75, 3.05) is 0 Å². The number of rotatable bonds is 1. The molecule has 3 aromatic rings. The van der Waals surface area contributed by atoms with Gasteiger partial charge in [0.1, 0.15) is 0 Å². The Bertz CT molecular complexity index is 834. The zero-order valence-electron chi connectivity index (χ0n) is 11.8. The molecule has 0 atom stereocenters. The fourth-order valence-corrected chi connectivity index (χ4v) is 3.38. The smallest absolute Gasteiger partial charge is 0.00326 e. The molecule has 0 heterocycles. The highest BCUT2D eigenvalue weighted by molar-refractivity contribution is 6.10. The second kappa shape index (κ2) is 4.08. The van der Waals surface area contributed by atoms with Crippen molar-refractivity contribution >= 4 is 22.9 Å². The summed E-state index contributed by atoms with van der Waals surface area (Å²) in [4.78, 5) is 0. The fraction of sp³-hybridized carbons (Fsp3) is 0.100. The minimum Gasteiger partial charge on any atom is -0.0617 e. The number of hydrogen-bond acceptors (Lipinski definition) is 0. The second-order valence-corrected chi connectivity index (χ2v) is 5.57. The molecule has 0 spiro atoms. The van der Waals surface area contributed by atoms with Crippen LogP contribution in [0.5, 0.6) is 0 Å². The average Bonchev–Trinajstić information content (AvgIpc) is 2.86. The molecule has 96 valence electrons. The number of hydrogen-bond donors (Lipinski definition) is 0. The van der Waals surface area contributed by atoms with Crippen LogP contribution in [-0.2, 0) is 0 Å². The monoisotopic (exact) mass is 256 g/mol. The first-order valence-corrected chi connectivity index (χ1v) is 7.06. The van der Waals surface area contributed by atoms with E-state index in [0.29, 0.717) is 0 Å². The van der Waals surface area contributed by atoms with Crippen molar-refractivity contribution in [1.29, 1.82) is 0 Å². The summed E-state index contributed by atoms with van der Waals surface area (Å²) in [5, 5.41) is 2.76. The Morgan fingerprint density at radius 2 is 1.30 bits per heavy atom. The Balaban J connectivity index is 2.14. The minimum absolute atomic E-state index is 1.34. The lowest BCUT2D eigenvalue weighted by Crippen LogP contribution is -1.90. The molecule has 0 radical (unpaired) electrons. The molecule has 0 fully saturated rings. The Morgan fingerprint density at radius 1 is 0.650 bits per heavy atom. The average molecular weight is 256 g/mol. The first-order valence-electron chi connectivity index (χ1n) is 7.06. The van der Waals surface area contributed by atoms with E-state index in [-0.39, 0.29) is 0 Å². The van der Waals surface area contributed by atoms with Gasteiger partial charge in [0.25, 0.3) is 0 Å². The summed E-state index contributed by atoms with van der Waals surface area (Å²) in [7, 11) is 0. The van der Waals surface area contributed by atoms with Gasteiger partial charge in [-0.25, -0.2) is 0 Å². The Labute approximate surface area is 119 Å². The topological polar surface area (TPSA) is 0 Å². The Hall–Kier alpha value is -2.34. The first-order chi connectivity index (χ1) is 9.75. The van der Waals surface area contributed by atoms with Crippen LogP contribution in [-0.4, -0.2) is 0 Å². The van der Waals surface area contributed by atoms with E-state index in [1.165, 1.54) is 44.2 Å². The molecule has 3 aromatic carbocycles. The number of aryl methyl sites for hydroxylation is 2. The molecule has 1 aliphatic rings. The fourth-order valence-electron chi connectivity index (χ4n) is 3.38. The van der Waals surface area contributed by atoms with Gasteiger partial charge in [-0.15, -0.1) is 0 Å². The van der Waals surface area contributed by atoms with Crippen molar-refractivity contribution in [1.82, 2.24) is 0 Å². The van der Waals surface area contributed by atoms with Gasteiger partial charge in [-0.1, -0.05) is 60.7 Å². The first kappa shape index (κ1) is 11.5. The molecule has 0 aromatic heterocycles. The predicted molar refractivity (Wildman–Crippen MR) is 87.8 cm³/mol. The molecule has 0 saturated carbocycles. The van der Waals surface area contributed by atoms with E-state index in [2.05, 4.69) is 74.5 Å². The molecule has 1 aliphatic carbocycles. The van der Waals surface area contributed by atoms with Crippen molar-refractivity contribution in [3.8, 4) is 11.1 Å². The van der Waals surface area contributed by atoms with Gasteiger partial charge in [-0.2, -0.15) is 0 Å². The summed E-state index contributed by atoms with van der Waals surface area (Å²) in [6.07, 6.45) is 4.43. The van der Waals surface area contributed by atoms with Crippen molar-refractivity contribution in [2.45, 2.75) is 13.8 Å². The molecule has 0 nitrogen and oxygen atoms in total. The quantitative estimate of drug-likeness (QED) is 0.415. The van der Waals surface area contributed by atoms with Crippen LogP contribution < -0.4 is 0 Å². The van der Waals surface area contributed by atoms with Crippen molar-refractivity contribution < 1.29 is 0 Å². The van der Waals surface area contributed by atoms with E-state index in [9.17, 15) is 0 Å². The zero-order chi connectivity index (χ0) is 13.7. The van der Waals surface area contributed by atoms with E-state index in [1.807, 2.05) is 0 Å². The van der Waals surface area contributed by atoms with E-state index >= 15 is 0 Å². The summed E-state index contributed by atoms with van der Waals surface area (Å²) in [6, 6.07) is 17.7. The molecular formula is C20H16. The molecule has 0 amide bonds. The van der Waals surface area contributed by atoms with Gasteiger partial charge >= 0.3 is 0 Å². The lowest BCUT2D eigenvalue weighted by Gasteiger charge is -2.14. The van der Waals surface area contributed by atoms with Gasteiger partial charge in [0.15, 0.2) is 0 Å². The van der Waals surface area contributed by atoms with E-state index < -0.39 is 0 Å². The maximum absolute atomic E-state index is 2.27. The Kier molecular flexibility index (Phi) is 2.34. The molecule has 0 heteroatoms. The summed E-state index contributed by atoms with van der Waals surface area (Å²) in [6.45, 7) is 4.40. The summed E-state index contributed by atoms with van der Waals surface area (Å²) < 4.78 is 0. The molecule has 0 saturated heterocycles. The molecule has 0 aliphatic heterocycles. The van der Waals surface area contributed by atoms with Crippen LogP contribution in [0.4, 0.5) is 0 Å². The highest BCUT2D eigenvalue weighted by atomic mass is 14.2. The molecular weight excluding hydrogens is 240 g/mol. The van der Waals surface area contributed by atoms with E-state index in [0.717, 1.165) is 0 Å². The standard InChI is InChI=1S/C20H16/c1-13-5-3-6-14(2)19(13)18-12-11-16-10-9-15-7-4-8-17(18)20(15)16/h3-12H,1-2H3. The highest BCUT2D eigenvalue weighted by Gasteiger charge is 2.14. The van der Waals surface area contributed by atoms with Crippen LogP contribution in [0.2, 0.25) is 0 Å².